The summed E-state index contributed by atoms with van der Waals surface area (Å²) in [6, 6.07) is 17.6. The van der Waals surface area contributed by atoms with Crippen LogP contribution in [0.3, 0.4) is 0 Å². The third-order valence-electron chi connectivity index (χ3n) is 6.57. The van der Waals surface area contributed by atoms with Gasteiger partial charge in [0.05, 0.1) is 39.1 Å². The van der Waals surface area contributed by atoms with Crippen molar-refractivity contribution in [2.45, 2.75) is 36.5 Å². The van der Waals surface area contributed by atoms with Gasteiger partial charge in [-0.05, 0) is 55.8 Å². The van der Waals surface area contributed by atoms with Crippen LogP contribution in [0.15, 0.2) is 79.9 Å². The highest BCUT2D eigenvalue weighted by atomic mass is 32.2. The summed E-state index contributed by atoms with van der Waals surface area (Å²) >= 11 is 1.27. The molecule has 0 unspecified atom stereocenters. The lowest BCUT2D eigenvalue weighted by Crippen LogP contribution is -2.35. The average molecular weight is 592 g/mol. The lowest BCUT2D eigenvalue weighted by atomic mass is 10.1. The van der Waals surface area contributed by atoms with Gasteiger partial charge in [-0.1, -0.05) is 23.9 Å². The van der Waals surface area contributed by atoms with Crippen molar-refractivity contribution in [3.63, 3.8) is 0 Å². The summed E-state index contributed by atoms with van der Waals surface area (Å²) in [6.45, 7) is 7.74. The Morgan fingerprint density at radius 3 is 2.40 bits per heavy atom. The Labute approximate surface area is 248 Å². The molecule has 220 valence electrons. The minimum absolute atomic E-state index is 0.128. The van der Waals surface area contributed by atoms with Crippen LogP contribution in [-0.4, -0.2) is 57.5 Å². The number of morpholine rings is 1. The maximum absolute atomic E-state index is 13.1. The molecule has 1 aliphatic rings. The van der Waals surface area contributed by atoms with E-state index in [2.05, 4.69) is 4.90 Å². The van der Waals surface area contributed by atoms with Crippen LogP contribution in [0.1, 0.15) is 29.8 Å². The van der Waals surface area contributed by atoms with Crippen LogP contribution in [0.2, 0.25) is 0 Å². The fourth-order valence-corrected chi connectivity index (χ4v) is 5.48. The Kier molecular flexibility index (Phi) is 9.36. The van der Waals surface area contributed by atoms with Gasteiger partial charge in [0.2, 0.25) is 5.75 Å². The van der Waals surface area contributed by atoms with Crippen LogP contribution in [0.5, 0.6) is 23.0 Å². The van der Waals surface area contributed by atoms with E-state index in [1.54, 1.807) is 36.4 Å². The van der Waals surface area contributed by atoms with Crippen LogP contribution in [0.25, 0.3) is 11.0 Å². The molecule has 0 amide bonds. The maximum atomic E-state index is 13.1. The number of ether oxygens (including phenoxy) is 5. The van der Waals surface area contributed by atoms with Gasteiger partial charge in [-0.3, -0.25) is 9.69 Å². The molecule has 42 heavy (non-hydrogen) atoms. The van der Waals surface area contributed by atoms with Gasteiger partial charge in [-0.25, -0.2) is 4.79 Å². The molecule has 1 aliphatic heterocycles. The van der Waals surface area contributed by atoms with E-state index in [-0.39, 0.29) is 22.7 Å². The summed E-state index contributed by atoms with van der Waals surface area (Å²) in [4.78, 5) is 29.0. The third kappa shape index (κ3) is 6.89. The van der Waals surface area contributed by atoms with E-state index in [9.17, 15) is 9.59 Å². The lowest BCUT2D eigenvalue weighted by molar-refractivity contribution is 0.0341. The third-order valence-corrected chi connectivity index (χ3v) is 7.48. The van der Waals surface area contributed by atoms with Gasteiger partial charge in [0, 0.05) is 36.7 Å². The molecule has 0 aliphatic carbocycles. The van der Waals surface area contributed by atoms with Crippen LogP contribution in [-0.2, 0) is 11.3 Å². The van der Waals surface area contributed by atoms with E-state index in [4.69, 9.17) is 28.1 Å². The highest BCUT2D eigenvalue weighted by Gasteiger charge is 2.22. The van der Waals surface area contributed by atoms with Crippen LogP contribution < -0.4 is 24.4 Å². The number of hydrogen-bond acceptors (Lipinski definition) is 10. The number of fused-ring (bicyclic) bond motifs is 1. The summed E-state index contributed by atoms with van der Waals surface area (Å²) in [5.41, 5.74) is 1.59. The Balaban J connectivity index is 1.30. The quantitative estimate of drug-likeness (QED) is 0.166. The zero-order valence-corrected chi connectivity index (χ0v) is 24.8. The van der Waals surface area contributed by atoms with Gasteiger partial charge in [0.25, 0.3) is 0 Å². The number of methoxy groups -OCH3 is 2. The summed E-state index contributed by atoms with van der Waals surface area (Å²) in [5, 5.41) is 0.656. The molecule has 0 saturated carbocycles. The molecule has 5 rings (SSSR count). The topological polar surface area (TPSA) is 96.7 Å². The smallest absolute Gasteiger partial charge is 0.343 e. The van der Waals surface area contributed by atoms with Gasteiger partial charge in [0.1, 0.15) is 16.7 Å². The van der Waals surface area contributed by atoms with Crippen molar-refractivity contribution in [1.82, 2.24) is 4.90 Å². The number of carbonyl (C=O) groups is 1. The first-order valence-corrected chi connectivity index (χ1v) is 14.4. The van der Waals surface area contributed by atoms with Crippen molar-refractivity contribution in [1.29, 1.82) is 0 Å². The highest BCUT2D eigenvalue weighted by molar-refractivity contribution is 7.99. The molecule has 1 fully saturated rings. The second kappa shape index (κ2) is 13.3. The second-order valence-corrected chi connectivity index (χ2v) is 11.0. The summed E-state index contributed by atoms with van der Waals surface area (Å²) < 4.78 is 34.0. The van der Waals surface area contributed by atoms with Crippen molar-refractivity contribution >= 4 is 28.7 Å². The number of rotatable bonds is 10. The van der Waals surface area contributed by atoms with Gasteiger partial charge in [-0.15, -0.1) is 0 Å². The van der Waals surface area contributed by atoms with E-state index >= 15 is 0 Å². The van der Waals surface area contributed by atoms with E-state index < -0.39 is 5.97 Å². The monoisotopic (exact) mass is 591 g/mol. The molecular weight excluding hydrogens is 558 g/mol. The van der Waals surface area contributed by atoms with Crippen molar-refractivity contribution < 1.29 is 32.9 Å². The molecule has 3 aromatic carbocycles. The molecule has 2 heterocycles. The maximum Gasteiger partial charge on any atom is 0.343 e. The minimum Gasteiger partial charge on any atom is -0.492 e. The molecule has 1 aromatic heterocycles. The zero-order valence-electron chi connectivity index (χ0n) is 24.0. The fraction of sp³-hybridized carbons (Fsp3) is 0.312. The highest BCUT2D eigenvalue weighted by Crippen LogP contribution is 2.43. The minimum atomic E-state index is -0.427. The molecule has 10 heteroatoms. The Bertz CT molecular complexity index is 1610. The first-order chi connectivity index (χ1) is 20.3. The molecule has 0 radical (unpaired) electrons. The number of benzene rings is 3. The molecule has 0 atom stereocenters. The van der Waals surface area contributed by atoms with Gasteiger partial charge in [0.15, 0.2) is 22.0 Å². The summed E-state index contributed by atoms with van der Waals surface area (Å²) in [7, 11) is 2.96. The second-order valence-electron chi connectivity index (χ2n) is 9.96. The van der Waals surface area contributed by atoms with E-state index in [1.807, 2.05) is 32.0 Å². The van der Waals surface area contributed by atoms with Gasteiger partial charge >= 0.3 is 5.97 Å². The largest absolute Gasteiger partial charge is 0.492 e. The zero-order chi connectivity index (χ0) is 29.6. The first kappa shape index (κ1) is 29.5. The number of esters is 1. The van der Waals surface area contributed by atoms with E-state index in [0.29, 0.717) is 33.5 Å². The Hall–Kier alpha value is -3.99. The predicted molar refractivity (Wildman–Crippen MR) is 159 cm³/mol. The Morgan fingerprint density at radius 1 is 0.976 bits per heavy atom. The SMILES string of the molecule is COc1c(OC(C)C)cc2oc(Sc3ccc(OC(=O)c4cccc(CN5CCOCC5)c4)cc3)cc(=O)c2c1OC. The molecule has 0 N–H and O–H groups in total. The first-order valence-electron chi connectivity index (χ1n) is 13.6. The molecule has 0 bridgehead atoms. The summed E-state index contributed by atoms with van der Waals surface area (Å²) in [6.07, 6.45) is -0.128. The van der Waals surface area contributed by atoms with Crippen molar-refractivity contribution in [2.24, 2.45) is 0 Å². The molecule has 1 saturated heterocycles. The fourth-order valence-electron chi connectivity index (χ4n) is 4.68. The van der Waals surface area contributed by atoms with Gasteiger partial charge < -0.3 is 28.1 Å². The van der Waals surface area contributed by atoms with Crippen LogP contribution in [0, 0.1) is 0 Å². The van der Waals surface area contributed by atoms with E-state index in [1.165, 1.54) is 32.0 Å². The van der Waals surface area contributed by atoms with Crippen LogP contribution in [0.4, 0.5) is 0 Å². The van der Waals surface area contributed by atoms with Gasteiger partial charge in [-0.2, -0.15) is 0 Å². The number of hydrogen-bond donors (Lipinski definition) is 0. The summed E-state index contributed by atoms with van der Waals surface area (Å²) in [5.74, 6) is 0.993. The molecular formula is C32H33NO8S. The molecule has 0 spiro atoms. The number of nitrogens with zero attached hydrogens (tertiary/aromatic N) is 1. The van der Waals surface area contributed by atoms with Crippen LogP contribution >= 0.6 is 11.8 Å². The Morgan fingerprint density at radius 2 is 1.71 bits per heavy atom. The molecule has 4 aromatic rings. The molecule has 9 nitrogen and oxygen atoms in total. The number of carbonyl (C=O) groups excluding carboxylic acids is 1. The van der Waals surface area contributed by atoms with Crippen molar-refractivity contribution in [3.8, 4) is 23.0 Å². The van der Waals surface area contributed by atoms with Crippen molar-refractivity contribution in [2.75, 3.05) is 40.5 Å². The standard InChI is InChI=1S/C32H33NO8S/c1-20(2)39-27-18-26-29(31(37-4)30(27)36-3)25(34)17-28(41-26)42-24-10-8-23(9-11-24)40-32(35)22-7-5-6-21(16-22)19-33-12-14-38-15-13-33/h5-11,16-18,20H,12-15,19H2,1-4H3. The average Bonchev–Trinajstić information content (AvgIpc) is 2.97. The van der Waals surface area contributed by atoms with Crippen molar-refractivity contribution in [3.05, 3.63) is 82.0 Å². The normalized spacial score (nSPS) is 13.7. The lowest BCUT2D eigenvalue weighted by Gasteiger charge is -2.26. The van der Waals surface area contributed by atoms with E-state index in [0.717, 1.165) is 43.3 Å². The predicted octanol–water partition coefficient (Wildman–Crippen LogP) is 5.80.